The second-order valence-corrected chi connectivity index (χ2v) is 6.03. The van der Waals surface area contributed by atoms with Crippen molar-refractivity contribution in [3.63, 3.8) is 0 Å². The molecule has 0 saturated heterocycles. The predicted octanol–water partition coefficient (Wildman–Crippen LogP) is 1.26. The SMILES string of the molecule is CC(C)NS(=O)(=O)c1ccc(CCCN)cc1. The summed E-state index contributed by atoms with van der Waals surface area (Å²) in [4.78, 5) is 0.308. The largest absolute Gasteiger partial charge is 0.330 e. The maximum absolute atomic E-state index is 11.8. The molecule has 0 aliphatic heterocycles. The molecule has 96 valence electrons. The van der Waals surface area contributed by atoms with E-state index >= 15 is 0 Å². The molecular weight excluding hydrogens is 236 g/mol. The highest BCUT2D eigenvalue weighted by Gasteiger charge is 2.14. The molecule has 17 heavy (non-hydrogen) atoms. The van der Waals surface area contributed by atoms with E-state index in [1.54, 1.807) is 26.0 Å². The molecule has 0 saturated carbocycles. The van der Waals surface area contributed by atoms with Crippen LogP contribution >= 0.6 is 0 Å². The molecule has 0 amide bonds. The van der Waals surface area contributed by atoms with Crippen LogP contribution in [0.1, 0.15) is 25.8 Å². The van der Waals surface area contributed by atoms with Gasteiger partial charge < -0.3 is 5.73 Å². The van der Waals surface area contributed by atoms with Crippen molar-refractivity contribution in [1.82, 2.24) is 4.72 Å². The van der Waals surface area contributed by atoms with E-state index < -0.39 is 10.0 Å². The number of aryl methyl sites for hydroxylation is 1. The molecule has 1 rings (SSSR count). The molecule has 0 aliphatic rings. The lowest BCUT2D eigenvalue weighted by Crippen LogP contribution is -2.30. The summed E-state index contributed by atoms with van der Waals surface area (Å²) in [6, 6.07) is 6.85. The molecule has 5 heteroatoms. The summed E-state index contributed by atoms with van der Waals surface area (Å²) >= 11 is 0. The van der Waals surface area contributed by atoms with Crippen molar-refractivity contribution < 1.29 is 8.42 Å². The third-order valence-electron chi connectivity index (χ3n) is 2.29. The monoisotopic (exact) mass is 256 g/mol. The van der Waals surface area contributed by atoms with E-state index in [1.807, 2.05) is 12.1 Å². The first-order valence-electron chi connectivity index (χ1n) is 5.77. The van der Waals surface area contributed by atoms with Crippen molar-refractivity contribution >= 4 is 10.0 Å². The number of hydrogen-bond acceptors (Lipinski definition) is 3. The topological polar surface area (TPSA) is 72.2 Å². The Kier molecular flexibility index (Phi) is 5.11. The molecule has 0 fully saturated rings. The molecule has 4 nitrogen and oxygen atoms in total. The quantitative estimate of drug-likeness (QED) is 0.805. The van der Waals surface area contributed by atoms with Gasteiger partial charge in [0.25, 0.3) is 0 Å². The van der Waals surface area contributed by atoms with E-state index in [0.717, 1.165) is 18.4 Å². The van der Waals surface area contributed by atoms with Gasteiger partial charge in [-0.1, -0.05) is 12.1 Å². The van der Waals surface area contributed by atoms with E-state index in [2.05, 4.69) is 4.72 Å². The minimum Gasteiger partial charge on any atom is -0.330 e. The standard InChI is InChI=1S/C12H20N2O2S/c1-10(2)14-17(15,16)12-7-5-11(6-8-12)4-3-9-13/h5-8,10,14H,3-4,9,13H2,1-2H3. The normalized spacial score (nSPS) is 12.0. The first kappa shape index (κ1) is 14.2. The molecule has 0 aliphatic carbocycles. The van der Waals surface area contributed by atoms with Gasteiger partial charge in [-0.3, -0.25) is 0 Å². The third kappa shape index (κ3) is 4.46. The molecule has 0 spiro atoms. The zero-order valence-electron chi connectivity index (χ0n) is 10.3. The van der Waals surface area contributed by atoms with Crippen LogP contribution in [0, 0.1) is 0 Å². The Morgan fingerprint density at radius 3 is 2.29 bits per heavy atom. The van der Waals surface area contributed by atoms with Crippen LogP contribution in [-0.4, -0.2) is 21.0 Å². The van der Waals surface area contributed by atoms with Crippen molar-refractivity contribution in [3.05, 3.63) is 29.8 Å². The van der Waals surface area contributed by atoms with E-state index in [1.165, 1.54) is 0 Å². The van der Waals surface area contributed by atoms with E-state index in [9.17, 15) is 8.42 Å². The minimum absolute atomic E-state index is 0.100. The average molecular weight is 256 g/mol. The van der Waals surface area contributed by atoms with E-state index in [-0.39, 0.29) is 6.04 Å². The Morgan fingerprint density at radius 2 is 1.82 bits per heavy atom. The van der Waals surface area contributed by atoms with Gasteiger partial charge in [0.2, 0.25) is 10.0 Å². The van der Waals surface area contributed by atoms with Crippen LogP contribution in [0.4, 0.5) is 0 Å². The number of nitrogens with one attached hydrogen (secondary N) is 1. The molecule has 0 atom stereocenters. The van der Waals surface area contributed by atoms with Crippen LogP contribution in [-0.2, 0) is 16.4 Å². The maximum Gasteiger partial charge on any atom is 0.240 e. The molecule has 0 radical (unpaired) electrons. The number of hydrogen-bond donors (Lipinski definition) is 2. The molecular formula is C12H20N2O2S. The summed E-state index contributed by atoms with van der Waals surface area (Å²) in [5, 5.41) is 0. The van der Waals surface area contributed by atoms with Gasteiger partial charge in [0, 0.05) is 6.04 Å². The number of rotatable bonds is 6. The molecule has 1 aromatic rings. The highest BCUT2D eigenvalue weighted by Crippen LogP contribution is 2.12. The van der Waals surface area contributed by atoms with Gasteiger partial charge in [0.1, 0.15) is 0 Å². The zero-order valence-corrected chi connectivity index (χ0v) is 11.1. The smallest absolute Gasteiger partial charge is 0.240 e. The van der Waals surface area contributed by atoms with Crippen LogP contribution in [0.25, 0.3) is 0 Å². The molecule has 0 heterocycles. The fraction of sp³-hybridized carbons (Fsp3) is 0.500. The summed E-state index contributed by atoms with van der Waals surface area (Å²) in [6.45, 7) is 4.25. The van der Waals surface area contributed by atoms with Crippen LogP contribution in [0.3, 0.4) is 0 Å². The first-order valence-corrected chi connectivity index (χ1v) is 7.25. The van der Waals surface area contributed by atoms with Crippen LogP contribution < -0.4 is 10.5 Å². The van der Waals surface area contributed by atoms with Crippen LogP contribution in [0.2, 0.25) is 0 Å². The maximum atomic E-state index is 11.8. The first-order chi connectivity index (χ1) is 7.95. The second-order valence-electron chi connectivity index (χ2n) is 4.31. The third-order valence-corrected chi connectivity index (χ3v) is 3.97. The number of sulfonamides is 1. The zero-order chi connectivity index (χ0) is 12.9. The van der Waals surface area contributed by atoms with Crippen molar-refractivity contribution in [3.8, 4) is 0 Å². The predicted molar refractivity (Wildman–Crippen MR) is 69.3 cm³/mol. The highest BCUT2D eigenvalue weighted by molar-refractivity contribution is 7.89. The van der Waals surface area contributed by atoms with Gasteiger partial charge in [0.15, 0.2) is 0 Å². The summed E-state index contributed by atoms with van der Waals surface area (Å²) < 4.78 is 26.2. The lowest BCUT2D eigenvalue weighted by atomic mass is 10.1. The van der Waals surface area contributed by atoms with Gasteiger partial charge in [-0.2, -0.15) is 0 Å². The summed E-state index contributed by atoms with van der Waals surface area (Å²) in [5.74, 6) is 0. The van der Waals surface area contributed by atoms with E-state index in [0.29, 0.717) is 11.4 Å². The van der Waals surface area contributed by atoms with Gasteiger partial charge in [-0.25, -0.2) is 13.1 Å². The number of nitrogens with two attached hydrogens (primary N) is 1. The molecule has 0 unspecified atom stereocenters. The van der Waals surface area contributed by atoms with E-state index in [4.69, 9.17) is 5.73 Å². The van der Waals surface area contributed by atoms with Crippen LogP contribution in [0.15, 0.2) is 29.2 Å². The van der Waals surface area contributed by atoms with Gasteiger partial charge in [0.05, 0.1) is 4.90 Å². The Labute approximate surface area is 103 Å². The van der Waals surface area contributed by atoms with Crippen LogP contribution in [0.5, 0.6) is 0 Å². The van der Waals surface area contributed by atoms with Gasteiger partial charge in [-0.15, -0.1) is 0 Å². The van der Waals surface area contributed by atoms with Crippen molar-refractivity contribution in [2.24, 2.45) is 5.73 Å². The van der Waals surface area contributed by atoms with Gasteiger partial charge in [-0.05, 0) is 50.9 Å². The Hall–Kier alpha value is -0.910. The van der Waals surface area contributed by atoms with Crippen molar-refractivity contribution in [2.75, 3.05) is 6.54 Å². The van der Waals surface area contributed by atoms with Gasteiger partial charge >= 0.3 is 0 Å². The number of benzene rings is 1. The Balaban J connectivity index is 2.80. The lowest BCUT2D eigenvalue weighted by molar-refractivity contribution is 0.570. The summed E-state index contributed by atoms with van der Waals surface area (Å²) in [5.41, 5.74) is 6.53. The Morgan fingerprint density at radius 1 is 1.24 bits per heavy atom. The van der Waals surface area contributed by atoms with Crippen molar-refractivity contribution in [1.29, 1.82) is 0 Å². The lowest BCUT2D eigenvalue weighted by Gasteiger charge is -2.09. The Bertz CT molecular complexity index is 438. The summed E-state index contributed by atoms with van der Waals surface area (Å²) in [6.07, 6.45) is 1.80. The van der Waals surface area contributed by atoms with Crippen molar-refractivity contribution in [2.45, 2.75) is 37.6 Å². The second kappa shape index (κ2) is 6.14. The fourth-order valence-electron chi connectivity index (χ4n) is 1.52. The fourth-order valence-corrected chi connectivity index (χ4v) is 2.77. The molecule has 0 bridgehead atoms. The molecule has 3 N–H and O–H groups in total. The average Bonchev–Trinajstić information content (AvgIpc) is 2.25. The molecule has 1 aromatic carbocycles. The minimum atomic E-state index is -3.37. The molecule has 0 aromatic heterocycles. The summed E-state index contributed by atoms with van der Waals surface area (Å²) in [7, 11) is -3.37. The highest BCUT2D eigenvalue weighted by atomic mass is 32.2.